The van der Waals surface area contributed by atoms with E-state index < -0.39 is 16.0 Å². The van der Waals surface area contributed by atoms with Gasteiger partial charge in [-0.15, -0.1) is 45.3 Å². The van der Waals surface area contributed by atoms with Crippen molar-refractivity contribution in [3.63, 3.8) is 0 Å². The van der Waals surface area contributed by atoms with Gasteiger partial charge in [-0.05, 0) is 166 Å². The van der Waals surface area contributed by atoms with E-state index in [1.54, 1.807) is 55.0 Å². The zero-order valence-electron chi connectivity index (χ0n) is 52.1. The number of anilines is 6. The number of nitrogens with zero attached hydrogens (tertiary/aromatic N) is 4. The van der Waals surface area contributed by atoms with Crippen LogP contribution in [0.15, 0.2) is 216 Å². The molecule has 0 aliphatic carbocycles. The first-order chi connectivity index (χ1) is 46.1. The first-order valence-electron chi connectivity index (χ1n) is 29.4. The molecule has 4 aromatic carbocycles. The number of aromatic nitrogens is 4. The number of thiophene rings is 4. The van der Waals surface area contributed by atoms with Crippen molar-refractivity contribution in [2.45, 2.75) is 46.5 Å². The molecule has 0 radical (unpaired) electrons. The Bertz CT molecular complexity index is 4470. The van der Waals surface area contributed by atoms with E-state index in [-0.39, 0.29) is 30.0 Å². The largest absolute Gasteiger partial charge is 0.384 e. The summed E-state index contributed by atoms with van der Waals surface area (Å²) < 4.78 is 38.2. The number of sulfonamides is 1. The normalized spacial score (nSPS) is 10.7. The highest BCUT2D eigenvalue weighted by atomic mass is 35.5. The first-order valence-corrected chi connectivity index (χ1v) is 35.6. The maximum absolute atomic E-state index is 13.2. The maximum Gasteiger partial charge on any atom is 0.229 e. The molecule has 0 atom stereocenters. The first kappa shape index (κ1) is 70.5. The van der Waals surface area contributed by atoms with Gasteiger partial charge in [0, 0.05) is 58.1 Å². The van der Waals surface area contributed by atoms with E-state index in [0.29, 0.717) is 51.6 Å². The number of halogens is 3. The zero-order chi connectivity index (χ0) is 68.1. The lowest BCUT2D eigenvalue weighted by Gasteiger charge is -2.07. The third kappa shape index (κ3) is 23.0. The van der Waals surface area contributed by atoms with Gasteiger partial charge in [0.15, 0.2) is 0 Å². The van der Waals surface area contributed by atoms with Crippen molar-refractivity contribution in [3.8, 4) is 44.5 Å². The average molecular weight is 1410 g/mol. The molecule has 0 bridgehead atoms. The van der Waals surface area contributed by atoms with Crippen molar-refractivity contribution in [2.24, 2.45) is 0 Å². The Balaban J connectivity index is 0.000000151. The van der Waals surface area contributed by atoms with E-state index in [4.69, 9.17) is 28.9 Å². The molecule has 8 aromatic heterocycles. The van der Waals surface area contributed by atoms with Crippen molar-refractivity contribution >= 4 is 134 Å². The molecule has 12 rings (SSSR count). The molecule has 96 heavy (non-hydrogen) atoms. The van der Waals surface area contributed by atoms with Crippen LogP contribution in [0.2, 0.25) is 10.3 Å². The number of carbonyl (C=O) groups is 4. The van der Waals surface area contributed by atoms with Crippen LogP contribution in [0.25, 0.3) is 44.5 Å². The van der Waals surface area contributed by atoms with Gasteiger partial charge in [0.25, 0.3) is 0 Å². The summed E-state index contributed by atoms with van der Waals surface area (Å²) in [6.07, 6.45) is 8.70. The lowest BCUT2D eigenvalue weighted by atomic mass is 10.1. The van der Waals surface area contributed by atoms with Crippen LogP contribution in [0.1, 0.15) is 38.9 Å². The summed E-state index contributed by atoms with van der Waals surface area (Å²) in [5, 5.41) is 23.4. The van der Waals surface area contributed by atoms with Gasteiger partial charge in [0.05, 0.1) is 51.9 Å². The minimum absolute atomic E-state index is 0.0155. The summed E-state index contributed by atoms with van der Waals surface area (Å²) >= 11 is 17.6. The van der Waals surface area contributed by atoms with Crippen LogP contribution in [-0.4, -0.2) is 58.2 Å². The summed E-state index contributed by atoms with van der Waals surface area (Å²) in [5.41, 5.74) is 20.8. The molecular weight excluding hydrogens is 1350 g/mol. The highest BCUT2D eigenvalue weighted by Crippen LogP contribution is 2.34. The van der Waals surface area contributed by atoms with Crippen molar-refractivity contribution in [1.29, 1.82) is 0 Å². The van der Waals surface area contributed by atoms with Gasteiger partial charge in [-0.1, -0.05) is 125 Å². The molecule has 12 aromatic rings. The third-order valence-electron chi connectivity index (χ3n) is 13.7. The smallest absolute Gasteiger partial charge is 0.229 e. The Kier molecular flexibility index (Phi) is 25.0. The number of hydrogen-bond acceptors (Lipinski definition) is 15. The number of nitrogens with one attached hydrogen (secondary N) is 5. The topological polar surface area (TPSA) is 240 Å². The average Bonchev–Trinajstić information content (AvgIpc) is 1.78. The van der Waals surface area contributed by atoms with E-state index in [1.807, 2.05) is 170 Å². The number of nitrogen functional groups attached to an aromatic ring is 1. The van der Waals surface area contributed by atoms with Crippen LogP contribution in [0, 0.1) is 26.7 Å². The van der Waals surface area contributed by atoms with Gasteiger partial charge in [0.1, 0.15) is 16.1 Å². The van der Waals surface area contributed by atoms with E-state index in [1.165, 1.54) is 57.6 Å². The van der Waals surface area contributed by atoms with Gasteiger partial charge in [-0.3, -0.25) is 23.9 Å². The third-order valence-corrected chi connectivity index (χ3v) is 18.1. The number of benzene rings is 4. The summed E-state index contributed by atoms with van der Waals surface area (Å²) in [5.74, 6) is -0.315. The number of amides is 4. The predicted molar refractivity (Wildman–Crippen MR) is 392 cm³/mol. The number of pyridine rings is 4. The van der Waals surface area contributed by atoms with Crippen molar-refractivity contribution in [2.75, 3.05) is 38.0 Å². The number of hydrogen-bond donors (Lipinski definition) is 6. The Hall–Kier alpha value is -9.78. The van der Waals surface area contributed by atoms with Gasteiger partial charge in [0.2, 0.25) is 39.6 Å². The van der Waals surface area contributed by atoms with E-state index in [0.717, 1.165) is 99.1 Å². The predicted octanol–water partition coefficient (Wildman–Crippen LogP) is 17.3. The lowest BCUT2D eigenvalue weighted by molar-refractivity contribution is -0.116. The fraction of sp³-hybridized carbons (Fsp3) is 0.111. The monoisotopic (exact) mass is 1410 g/mol. The Morgan fingerprint density at radius 3 is 1.07 bits per heavy atom. The molecule has 0 aliphatic heterocycles. The van der Waals surface area contributed by atoms with E-state index >= 15 is 0 Å². The molecular formula is C72H63Cl2FN10O6S5. The highest BCUT2D eigenvalue weighted by molar-refractivity contribution is 7.92. The summed E-state index contributed by atoms with van der Waals surface area (Å²) in [4.78, 5) is 64.2. The minimum atomic E-state index is -3.36. The molecule has 0 spiro atoms. The number of rotatable bonds is 18. The number of aryl methyl sites for hydroxylation is 3. The van der Waals surface area contributed by atoms with Crippen molar-refractivity contribution in [3.05, 3.63) is 271 Å². The molecule has 4 amide bonds. The van der Waals surface area contributed by atoms with Crippen LogP contribution in [0.4, 0.5) is 35.9 Å². The van der Waals surface area contributed by atoms with Crippen molar-refractivity contribution < 1.29 is 32.0 Å². The quantitative estimate of drug-likeness (QED) is 0.0442. The van der Waals surface area contributed by atoms with Crippen molar-refractivity contribution in [1.82, 2.24) is 19.9 Å². The van der Waals surface area contributed by atoms with Gasteiger partial charge in [-0.2, -0.15) is 4.39 Å². The van der Waals surface area contributed by atoms with E-state index in [9.17, 15) is 32.0 Å². The fourth-order valence-electron chi connectivity index (χ4n) is 9.48. The van der Waals surface area contributed by atoms with Gasteiger partial charge < -0.3 is 27.0 Å². The molecule has 0 aliphatic rings. The Morgan fingerprint density at radius 2 is 0.740 bits per heavy atom. The van der Waals surface area contributed by atoms with Crippen LogP contribution in [0.3, 0.4) is 0 Å². The molecule has 8 heterocycles. The number of nitrogens with two attached hydrogens (primary N) is 1. The summed E-state index contributed by atoms with van der Waals surface area (Å²) in [6, 6.07) is 52.3. The van der Waals surface area contributed by atoms with Crippen LogP contribution in [0.5, 0.6) is 0 Å². The zero-order valence-corrected chi connectivity index (χ0v) is 57.7. The second kappa shape index (κ2) is 34.1. The Morgan fingerprint density at radius 1 is 0.417 bits per heavy atom. The Labute approximate surface area is 581 Å². The molecule has 0 saturated heterocycles. The van der Waals surface area contributed by atoms with Crippen LogP contribution < -0.4 is 31.7 Å². The summed E-state index contributed by atoms with van der Waals surface area (Å²) in [7, 11) is -3.36. The van der Waals surface area contributed by atoms with Gasteiger partial charge >= 0.3 is 0 Å². The molecule has 0 fully saturated rings. The lowest BCUT2D eigenvalue weighted by Crippen LogP contribution is -2.14. The standard InChI is InChI=1S/C18H16ClN3O3S2.C18H15ClN2OS.C18H15FN2OS.C18H17N3OS/c1-27(24,25)22-15-4-2-3-12(7-15)8-17(23)21-18-10-14(11-26-18)13-5-6-20-16(19)9-13;3*1-12-3-2-4-13(7-12)8-17(22)21-18-10-15(11-23-18)14-5-6-20-16(19)9-14/h2-7,9-11,22H,8H2,1H3,(H,21,23);2*2-7,9-11H,8H2,1H3,(H,21,22);2-7,9-11H,8H2,1H3,(H2,19,20)(H,21,22). The molecule has 488 valence electrons. The summed E-state index contributed by atoms with van der Waals surface area (Å²) in [6.45, 7) is 6.04. The van der Waals surface area contributed by atoms with Crippen LogP contribution in [-0.2, 0) is 54.9 Å². The molecule has 0 saturated carbocycles. The van der Waals surface area contributed by atoms with Gasteiger partial charge in [-0.25, -0.2) is 28.4 Å². The molecule has 0 unspecified atom stereocenters. The van der Waals surface area contributed by atoms with Crippen LogP contribution >= 0.6 is 68.5 Å². The fourth-order valence-corrected chi connectivity index (χ4v) is 13.7. The minimum Gasteiger partial charge on any atom is -0.384 e. The van der Waals surface area contributed by atoms with E-state index in [2.05, 4.69) is 45.9 Å². The molecule has 7 N–H and O–H groups in total. The SMILES string of the molecule is CS(=O)(=O)Nc1cccc(CC(=O)Nc2cc(-c3ccnc(Cl)c3)cs2)c1.Cc1cccc(CC(=O)Nc2cc(-c3ccnc(Cl)c3)cs2)c1.Cc1cccc(CC(=O)Nc2cc(-c3ccnc(F)c3)cs2)c1.Cc1cccc(CC(=O)Nc2cc(-c3ccnc(N)c3)cs2)c1. The maximum atomic E-state index is 13.2. The second-order valence-corrected chi connectivity index (χ2v) is 28.0. The molecule has 16 nitrogen and oxygen atoms in total. The number of carbonyl (C=O) groups excluding carboxylic acids is 4. The second-order valence-electron chi connectivity index (χ2n) is 21.8. The molecule has 24 heteroatoms. The highest BCUT2D eigenvalue weighted by Gasteiger charge is 2.14.